The molecule has 30 heavy (non-hydrogen) atoms. The fourth-order valence-electron chi connectivity index (χ4n) is 3.86. The Morgan fingerprint density at radius 1 is 1.13 bits per heavy atom. The molecule has 2 N–H and O–H groups in total. The van der Waals surface area contributed by atoms with Gasteiger partial charge < -0.3 is 15.5 Å². The van der Waals surface area contributed by atoms with Crippen molar-refractivity contribution in [3.05, 3.63) is 53.6 Å². The molecule has 1 saturated heterocycles. The Kier molecular flexibility index (Phi) is 4.48. The number of anilines is 2. The van der Waals surface area contributed by atoms with Crippen molar-refractivity contribution >= 4 is 23.2 Å². The fourth-order valence-corrected chi connectivity index (χ4v) is 3.86. The first-order chi connectivity index (χ1) is 14.5. The van der Waals surface area contributed by atoms with E-state index in [1.54, 1.807) is 6.07 Å². The Hall–Kier alpha value is -3.30. The molecule has 5 rings (SSSR count). The lowest BCUT2D eigenvalue weighted by Gasteiger charge is -2.26. The van der Waals surface area contributed by atoms with Gasteiger partial charge >= 0.3 is 6.03 Å². The van der Waals surface area contributed by atoms with Gasteiger partial charge in [-0.15, -0.1) is 5.10 Å². The maximum Gasteiger partial charge on any atom is 0.319 e. The number of urea groups is 1. The second-order valence-corrected chi connectivity index (χ2v) is 7.61. The number of rotatable bonds is 4. The van der Waals surface area contributed by atoms with Crippen molar-refractivity contribution in [1.29, 1.82) is 0 Å². The molecule has 1 aromatic carbocycles. The monoisotopic (exact) mass is 416 g/mol. The van der Waals surface area contributed by atoms with E-state index in [4.69, 9.17) is 0 Å². The molecule has 0 radical (unpaired) electrons. The van der Waals surface area contributed by atoms with Crippen LogP contribution in [0.2, 0.25) is 0 Å². The van der Waals surface area contributed by atoms with Crippen molar-refractivity contribution in [2.75, 3.05) is 16.8 Å². The molecule has 0 spiro atoms. The predicted molar refractivity (Wildman–Crippen MR) is 104 cm³/mol. The molecule has 0 unspecified atom stereocenters. The van der Waals surface area contributed by atoms with Gasteiger partial charge in [0, 0.05) is 24.3 Å². The third kappa shape index (κ3) is 3.42. The fraction of sp³-hybridized carbons (Fsp3) is 0.350. The van der Waals surface area contributed by atoms with Crippen LogP contribution in [0.4, 0.5) is 29.5 Å². The molecule has 2 aromatic heterocycles. The zero-order chi connectivity index (χ0) is 20.8. The minimum atomic E-state index is -0.847. The summed E-state index contributed by atoms with van der Waals surface area (Å²) in [5, 5.41) is 8.96. The molecule has 2 amide bonds. The summed E-state index contributed by atoms with van der Waals surface area (Å²) in [5.41, 5.74) is 0.278. The minimum absolute atomic E-state index is 0.116. The third-order valence-corrected chi connectivity index (χ3v) is 5.44. The van der Waals surface area contributed by atoms with Crippen molar-refractivity contribution < 1.29 is 18.0 Å². The molecule has 156 valence electrons. The quantitative estimate of drug-likeness (QED) is 0.679. The highest BCUT2D eigenvalue weighted by Crippen LogP contribution is 2.37. The summed E-state index contributed by atoms with van der Waals surface area (Å²) in [6.07, 6.45) is 4.74. The average Bonchev–Trinajstić information content (AvgIpc) is 3.30. The normalized spacial score (nSPS) is 18.8. The van der Waals surface area contributed by atoms with Crippen molar-refractivity contribution in [1.82, 2.24) is 19.9 Å². The molecule has 1 saturated carbocycles. The topological polar surface area (TPSA) is 74.6 Å². The summed E-state index contributed by atoms with van der Waals surface area (Å²) >= 11 is 0. The zero-order valence-electron chi connectivity index (χ0n) is 15.9. The van der Waals surface area contributed by atoms with Crippen molar-refractivity contribution in [2.24, 2.45) is 0 Å². The number of aromatic nitrogens is 3. The first-order valence-electron chi connectivity index (χ1n) is 9.83. The van der Waals surface area contributed by atoms with Gasteiger partial charge in [-0.3, -0.25) is 0 Å². The Labute approximate surface area is 169 Å². The Morgan fingerprint density at radius 3 is 2.77 bits per heavy atom. The molecule has 1 atom stereocenters. The van der Waals surface area contributed by atoms with Gasteiger partial charge in [-0.25, -0.2) is 23.1 Å². The SMILES string of the molecule is O=C(Nc1c(F)nn2ccc(N3CCC[C@@H]3c3cc(F)ccc3F)nc12)NC1CC1. The molecule has 2 fully saturated rings. The lowest BCUT2D eigenvalue weighted by atomic mass is 10.0. The molecule has 2 aliphatic rings. The number of benzene rings is 1. The number of fused-ring (bicyclic) bond motifs is 1. The summed E-state index contributed by atoms with van der Waals surface area (Å²) in [6.45, 7) is 0.589. The van der Waals surface area contributed by atoms with Gasteiger partial charge in [-0.2, -0.15) is 4.39 Å². The third-order valence-electron chi connectivity index (χ3n) is 5.44. The highest BCUT2D eigenvalue weighted by molar-refractivity contribution is 5.93. The largest absolute Gasteiger partial charge is 0.349 e. The maximum absolute atomic E-state index is 14.4. The maximum atomic E-state index is 14.4. The van der Waals surface area contributed by atoms with Crippen LogP contribution in [0.15, 0.2) is 30.5 Å². The highest BCUT2D eigenvalue weighted by atomic mass is 19.1. The standard InChI is InChI=1S/C20H19F3N6O/c21-11-3-6-14(22)13(10-11)15-2-1-8-28(15)16-7-9-29-19(25-16)17(18(23)27-29)26-20(30)24-12-4-5-12/h3,6-7,9-10,12,15H,1-2,4-5,8H2,(H2,24,26,30)/t15-/m1/s1. The number of halogens is 3. The second kappa shape index (κ2) is 7.19. The van der Waals surface area contributed by atoms with E-state index >= 15 is 0 Å². The van der Waals surface area contributed by atoms with Crippen LogP contribution in [0.1, 0.15) is 37.3 Å². The Balaban J connectivity index is 1.48. The Bertz CT molecular complexity index is 1130. The number of amides is 2. The summed E-state index contributed by atoms with van der Waals surface area (Å²) in [5.74, 6) is -1.37. The van der Waals surface area contributed by atoms with E-state index in [0.717, 1.165) is 31.4 Å². The van der Waals surface area contributed by atoms with E-state index in [9.17, 15) is 18.0 Å². The van der Waals surface area contributed by atoms with Crippen LogP contribution in [-0.2, 0) is 0 Å². The van der Waals surface area contributed by atoms with Crippen molar-refractivity contribution in [3.8, 4) is 0 Å². The summed E-state index contributed by atoms with van der Waals surface area (Å²) in [4.78, 5) is 18.4. The summed E-state index contributed by atoms with van der Waals surface area (Å²) < 4.78 is 43.6. The van der Waals surface area contributed by atoms with Crippen LogP contribution in [0.25, 0.3) is 5.65 Å². The van der Waals surface area contributed by atoms with E-state index < -0.39 is 29.7 Å². The number of hydrogen-bond donors (Lipinski definition) is 2. The second-order valence-electron chi connectivity index (χ2n) is 7.61. The van der Waals surface area contributed by atoms with Gasteiger partial charge in [0.15, 0.2) is 5.65 Å². The molecular weight excluding hydrogens is 397 g/mol. The smallest absolute Gasteiger partial charge is 0.319 e. The van der Waals surface area contributed by atoms with Crippen molar-refractivity contribution in [2.45, 2.75) is 37.8 Å². The van der Waals surface area contributed by atoms with Gasteiger partial charge in [-0.1, -0.05) is 0 Å². The van der Waals surface area contributed by atoms with Crippen LogP contribution in [-0.4, -0.2) is 33.2 Å². The van der Waals surface area contributed by atoms with Crippen molar-refractivity contribution in [3.63, 3.8) is 0 Å². The lowest BCUT2D eigenvalue weighted by Crippen LogP contribution is -2.30. The van der Waals surface area contributed by atoms with E-state index in [0.29, 0.717) is 18.8 Å². The van der Waals surface area contributed by atoms with Gasteiger partial charge in [0.05, 0.1) is 6.04 Å². The van der Waals surface area contributed by atoms with Gasteiger partial charge in [0.2, 0.25) is 0 Å². The van der Waals surface area contributed by atoms with Gasteiger partial charge in [0.1, 0.15) is 23.1 Å². The number of nitrogens with one attached hydrogen (secondary N) is 2. The zero-order valence-corrected chi connectivity index (χ0v) is 15.9. The summed E-state index contributed by atoms with van der Waals surface area (Å²) in [7, 11) is 0. The number of nitrogens with zero attached hydrogens (tertiary/aromatic N) is 4. The van der Waals surface area contributed by atoms with Crippen LogP contribution in [0.5, 0.6) is 0 Å². The van der Waals surface area contributed by atoms with Crippen LogP contribution >= 0.6 is 0 Å². The molecule has 1 aliphatic heterocycles. The van der Waals surface area contributed by atoms with Gasteiger partial charge in [-0.05, 0) is 49.9 Å². The molecule has 1 aliphatic carbocycles. The predicted octanol–water partition coefficient (Wildman–Crippen LogP) is 3.77. The minimum Gasteiger partial charge on any atom is -0.349 e. The van der Waals surface area contributed by atoms with E-state index in [1.807, 2.05) is 4.90 Å². The molecule has 7 nitrogen and oxygen atoms in total. The van der Waals surface area contributed by atoms with E-state index in [-0.39, 0.29) is 22.9 Å². The van der Waals surface area contributed by atoms with Crippen LogP contribution < -0.4 is 15.5 Å². The van der Waals surface area contributed by atoms with E-state index in [2.05, 4.69) is 20.7 Å². The van der Waals surface area contributed by atoms with Gasteiger partial charge in [0.25, 0.3) is 5.95 Å². The average molecular weight is 416 g/mol. The molecular formula is C20H19F3N6O. The number of carbonyl (C=O) groups is 1. The first kappa shape index (κ1) is 18.7. The first-order valence-corrected chi connectivity index (χ1v) is 9.83. The van der Waals surface area contributed by atoms with Crippen LogP contribution in [0.3, 0.4) is 0 Å². The molecule has 10 heteroatoms. The molecule has 3 aromatic rings. The Morgan fingerprint density at radius 2 is 1.97 bits per heavy atom. The number of hydrogen-bond acceptors (Lipinski definition) is 4. The molecule has 3 heterocycles. The lowest BCUT2D eigenvalue weighted by molar-refractivity contribution is 0.251. The van der Waals surface area contributed by atoms with Crippen LogP contribution in [0, 0.1) is 17.6 Å². The summed E-state index contributed by atoms with van der Waals surface area (Å²) in [6, 6.07) is 4.25. The molecule has 0 bridgehead atoms. The number of carbonyl (C=O) groups excluding carboxylic acids is 1. The van der Waals surface area contributed by atoms with E-state index in [1.165, 1.54) is 16.8 Å². The highest BCUT2D eigenvalue weighted by Gasteiger charge is 2.30.